The molecule has 25 heavy (non-hydrogen) atoms. The van der Waals surface area contributed by atoms with Gasteiger partial charge in [0.05, 0.1) is 0 Å². The number of amides is 2. The highest BCUT2D eigenvalue weighted by Crippen LogP contribution is 2.22. The quantitative estimate of drug-likeness (QED) is 0.732. The number of aromatic nitrogens is 1. The SMILES string of the molecule is CC(C)NC(=O)[C@@H]1C[C@H](N)CN1C(=O)c1cc2c([nH]c1=O)CCCC2. The maximum atomic E-state index is 13.0. The Bertz CT molecular complexity index is 740. The average Bonchev–Trinajstić information content (AvgIpc) is 2.95. The Balaban J connectivity index is 1.88. The Labute approximate surface area is 147 Å². The number of rotatable bonds is 3. The van der Waals surface area contributed by atoms with E-state index >= 15 is 0 Å². The summed E-state index contributed by atoms with van der Waals surface area (Å²) in [6.07, 6.45) is 4.22. The van der Waals surface area contributed by atoms with E-state index in [0.717, 1.165) is 36.9 Å². The molecule has 1 saturated heterocycles. The number of H-pyrrole nitrogens is 1. The van der Waals surface area contributed by atoms with Crippen LogP contribution in [-0.2, 0) is 17.6 Å². The highest BCUT2D eigenvalue weighted by Gasteiger charge is 2.39. The van der Waals surface area contributed by atoms with E-state index in [1.165, 1.54) is 4.90 Å². The lowest BCUT2D eigenvalue weighted by Crippen LogP contribution is -2.48. The molecule has 1 aliphatic heterocycles. The maximum Gasteiger partial charge on any atom is 0.261 e. The van der Waals surface area contributed by atoms with Gasteiger partial charge in [0.1, 0.15) is 11.6 Å². The van der Waals surface area contributed by atoms with Crippen molar-refractivity contribution in [2.75, 3.05) is 6.54 Å². The van der Waals surface area contributed by atoms with Crippen LogP contribution >= 0.6 is 0 Å². The molecule has 7 heteroatoms. The summed E-state index contributed by atoms with van der Waals surface area (Å²) in [6, 6.07) is 0.800. The van der Waals surface area contributed by atoms with E-state index in [2.05, 4.69) is 10.3 Å². The fraction of sp³-hybridized carbons (Fsp3) is 0.611. The number of fused-ring (bicyclic) bond motifs is 1. The van der Waals surface area contributed by atoms with Gasteiger partial charge in [0.25, 0.3) is 11.5 Å². The van der Waals surface area contributed by atoms with E-state index in [1.54, 1.807) is 6.07 Å². The zero-order valence-electron chi connectivity index (χ0n) is 14.8. The van der Waals surface area contributed by atoms with E-state index in [1.807, 2.05) is 13.8 Å². The second-order valence-corrected chi connectivity index (χ2v) is 7.36. The Kier molecular flexibility index (Phi) is 4.94. The smallest absolute Gasteiger partial charge is 0.261 e. The number of pyridine rings is 1. The lowest BCUT2D eigenvalue weighted by atomic mass is 9.95. The Morgan fingerprint density at radius 2 is 2.04 bits per heavy atom. The third kappa shape index (κ3) is 3.61. The summed E-state index contributed by atoms with van der Waals surface area (Å²) < 4.78 is 0. The normalized spacial score (nSPS) is 22.8. The number of nitrogens with two attached hydrogens (primary N) is 1. The Morgan fingerprint density at radius 3 is 2.76 bits per heavy atom. The third-order valence-corrected chi connectivity index (χ3v) is 4.90. The van der Waals surface area contributed by atoms with Crippen LogP contribution < -0.4 is 16.6 Å². The van der Waals surface area contributed by atoms with Gasteiger partial charge in [-0.15, -0.1) is 0 Å². The van der Waals surface area contributed by atoms with Gasteiger partial charge < -0.3 is 20.9 Å². The van der Waals surface area contributed by atoms with Crippen LogP contribution in [0.4, 0.5) is 0 Å². The molecule has 4 N–H and O–H groups in total. The summed E-state index contributed by atoms with van der Waals surface area (Å²) in [4.78, 5) is 42.1. The molecule has 1 aromatic rings. The third-order valence-electron chi connectivity index (χ3n) is 4.90. The molecule has 3 rings (SSSR count). The van der Waals surface area contributed by atoms with Crippen molar-refractivity contribution in [2.24, 2.45) is 5.73 Å². The largest absolute Gasteiger partial charge is 0.352 e. The summed E-state index contributed by atoms with van der Waals surface area (Å²) in [7, 11) is 0. The van der Waals surface area contributed by atoms with Crippen molar-refractivity contribution in [3.8, 4) is 0 Å². The van der Waals surface area contributed by atoms with Gasteiger partial charge in [0.15, 0.2) is 0 Å². The van der Waals surface area contributed by atoms with Crippen molar-refractivity contribution >= 4 is 11.8 Å². The van der Waals surface area contributed by atoms with Crippen molar-refractivity contribution in [2.45, 2.75) is 64.1 Å². The number of aryl methyl sites for hydroxylation is 2. The lowest BCUT2D eigenvalue weighted by Gasteiger charge is -2.25. The van der Waals surface area contributed by atoms with Gasteiger partial charge in [0.2, 0.25) is 5.91 Å². The first kappa shape index (κ1) is 17.7. The van der Waals surface area contributed by atoms with Crippen LogP contribution in [0.5, 0.6) is 0 Å². The fourth-order valence-corrected chi connectivity index (χ4v) is 3.71. The number of hydrogen-bond donors (Lipinski definition) is 3. The predicted molar refractivity (Wildman–Crippen MR) is 94.4 cm³/mol. The zero-order valence-corrected chi connectivity index (χ0v) is 14.8. The van der Waals surface area contributed by atoms with Gasteiger partial charge in [-0.3, -0.25) is 14.4 Å². The minimum atomic E-state index is -0.625. The zero-order chi connectivity index (χ0) is 18.1. The number of carbonyl (C=O) groups excluding carboxylic acids is 2. The molecule has 0 radical (unpaired) electrons. The average molecular weight is 346 g/mol. The van der Waals surface area contributed by atoms with Gasteiger partial charge >= 0.3 is 0 Å². The summed E-state index contributed by atoms with van der Waals surface area (Å²) in [5.74, 6) is -0.628. The molecule has 7 nitrogen and oxygen atoms in total. The van der Waals surface area contributed by atoms with E-state index in [4.69, 9.17) is 5.73 Å². The van der Waals surface area contributed by atoms with Gasteiger partial charge in [-0.2, -0.15) is 0 Å². The van der Waals surface area contributed by atoms with Crippen LogP contribution in [0.2, 0.25) is 0 Å². The van der Waals surface area contributed by atoms with Gasteiger partial charge in [-0.1, -0.05) is 0 Å². The topological polar surface area (TPSA) is 108 Å². The molecule has 1 fully saturated rings. The van der Waals surface area contributed by atoms with Crippen LogP contribution in [-0.4, -0.2) is 46.4 Å². The van der Waals surface area contributed by atoms with E-state index in [9.17, 15) is 14.4 Å². The Morgan fingerprint density at radius 1 is 1.32 bits per heavy atom. The molecule has 0 spiro atoms. The fourth-order valence-electron chi connectivity index (χ4n) is 3.71. The lowest BCUT2D eigenvalue weighted by molar-refractivity contribution is -0.125. The highest BCUT2D eigenvalue weighted by molar-refractivity contribution is 5.98. The monoisotopic (exact) mass is 346 g/mol. The van der Waals surface area contributed by atoms with Crippen LogP contribution in [0.1, 0.15) is 54.7 Å². The first-order valence-electron chi connectivity index (χ1n) is 8.98. The number of aromatic amines is 1. The second-order valence-electron chi connectivity index (χ2n) is 7.36. The number of nitrogens with one attached hydrogen (secondary N) is 2. The van der Waals surface area contributed by atoms with Crippen LogP contribution in [0.25, 0.3) is 0 Å². The highest BCUT2D eigenvalue weighted by atomic mass is 16.2. The van der Waals surface area contributed by atoms with E-state index < -0.39 is 11.9 Å². The molecule has 0 unspecified atom stereocenters. The molecular weight excluding hydrogens is 320 g/mol. The molecule has 2 aliphatic rings. The number of carbonyl (C=O) groups is 2. The van der Waals surface area contributed by atoms with Gasteiger partial charge in [0, 0.05) is 24.3 Å². The minimum absolute atomic E-state index is 0.0200. The standard InChI is InChI=1S/C18H26N4O3/c1-10(2)20-17(24)15-8-12(19)9-22(15)18(25)13-7-11-5-3-4-6-14(11)21-16(13)23/h7,10,12,15H,3-6,8-9,19H2,1-2H3,(H,20,24)(H,21,23)/t12-,15-/m0/s1. The first-order chi connectivity index (χ1) is 11.9. The minimum Gasteiger partial charge on any atom is -0.352 e. The molecule has 136 valence electrons. The molecule has 1 aliphatic carbocycles. The van der Waals surface area contributed by atoms with Gasteiger partial charge in [-0.05, 0) is 57.6 Å². The molecule has 2 heterocycles. The Hall–Kier alpha value is -2.15. The number of likely N-dealkylation sites (tertiary alicyclic amines) is 1. The summed E-state index contributed by atoms with van der Waals surface area (Å²) in [6.45, 7) is 4.02. The van der Waals surface area contributed by atoms with Crippen molar-refractivity contribution in [1.29, 1.82) is 0 Å². The summed E-state index contributed by atoms with van der Waals surface area (Å²) in [5, 5.41) is 2.83. The van der Waals surface area contributed by atoms with Crippen LogP contribution in [0, 0.1) is 0 Å². The van der Waals surface area contributed by atoms with E-state index in [0.29, 0.717) is 6.42 Å². The second kappa shape index (κ2) is 7.00. The molecular formula is C18H26N4O3. The molecule has 0 saturated carbocycles. The van der Waals surface area contributed by atoms with Crippen molar-refractivity contribution in [3.63, 3.8) is 0 Å². The summed E-state index contributed by atoms with van der Waals surface area (Å²) >= 11 is 0. The number of nitrogens with zero attached hydrogens (tertiary/aromatic N) is 1. The number of hydrogen-bond acceptors (Lipinski definition) is 4. The van der Waals surface area contributed by atoms with E-state index in [-0.39, 0.29) is 35.7 Å². The van der Waals surface area contributed by atoms with Gasteiger partial charge in [-0.25, -0.2) is 0 Å². The van der Waals surface area contributed by atoms with Crippen molar-refractivity contribution < 1.29 is 9.59 Å². The molecule has 2 amide bonds. The maximum absolute atomic E-state index is 13.0. The molecule has 2 atom stereocenters. The first-order valence-corrected chi connectivity index (χ1v) is 8.98. The van der Waals surface area contributed by atoms with Crippen LogP contribution in [0.15, 0.2) is 10.9 Å². The molecule has 0 aromatic carbocycles. The molecule has 1 aromatic heterocycles. The van der Waals surface area contributed by atoms with Crippen molar-refractivity contribution in [1.82, 2.24) is 15.2 Å². The molecule has 0 bridgehead atoms. The summed E-state index contributed by atoms with van der Waals surface area (Å²) in [5.41, 5.74) is 7.68. The van der Waals surface area contributed by atoms with Crippen molar-refractivity contribution in [3.05, 3.63) is 33.2 Å². The predicted octanol–water partition coefficient (Wildman–Crippen LogP) is 0.320. The van der Waals surface area contributed by atoms with Crippen LogP contribution in [0.3, 0.4) is 0 Å².